The van der Waals surface area contributed by atoms with E-state index in [0.29, 0.717) is 25.7 Å². The molecule has 0 fully saturated rings. The second kappa shape index (κ2) is 75.5. The van der Waals surface area contributed by atoms with Gasteiger partial charge >= 0.3 is 39.5 Å². The number of carbonyl (C=O) groups is 4. The summed E-state index contributed by atoms with van der Waals surface area (Å²) in [6.45, 7) is 9.69. The maximum absolute atomic E-state index is 13.1. The fourth-order valence-corrected chi connectivity index (χ4v) is 14.6. The van der Waals surface area contributed by atoms with Crippen LogP contribution in [-0.4, -0.2) is 96.7 Å². The van der Waals surface area contributed by atoms with Gasteiger partial charge in [-0.3, -0.25) is 37.3 Å². The Morgan fingerprint density at radius 3 is 0.660 bits per heavy atom. The van der Waals surface area contributed by atoms with Crippen molar-refractivity contribution in [1.29, 1.82) is 0 Å². The minimum atomic E-state index is -4.96. The van der Waals surface area contributed by atoms with Crippen LogP contribution in [-0.2, 0) is 65.4 Å². The number of esters is 4. The summed E-state index contributed by atoms with van der Waals surface area (Å²) in [5.74, 6) is -0.523. The summed E-state index contributed by atoms with van der Waals surface area (Å²) in [5.41, 5.74) is 0. The van der Waals surface area contributed by atoms with E-state index in [9.17, 15) is 43.2 Å². The molecule has 0 radical (unpaired) electrons. The monoisotopic (exact) mass is 1510 g/mol. The van der Waals surface area contributed by atoms with Crippen molar-refractivity contribution in [3.8, 4) is 0 Å². The van der Waals surface area contributed by atoms with Gasteiger partial charge in [0.2, 0.25) is 0 Å². The zero-order chi connectivity index (χ0) is 75.6. The van der Waals surface area contributed by atoms with E-state index in [2.05, 4.69) is 41.5 Å². The number of aliphatic hydroxyl groups is 1. The molecule has 19 heteroatoms. The zero-order valence-corrected chi connectivity index (χ0v) is 69.4. The predicted octanol–water partition coefficient (Wildman–Crippen LogP) is 25.5. The van der Waals surface area contributed by atoms with Gasteiger partial charge in [-0.05, 0) is 37.5 Å². The highest BCUT2D eigenvalue weighted by Crippen LogP contribution is 2.45. The lowest BCUT2D eigenvalue weighted by molar-refractivity contribution is -0.161. The molecule has 0 heterocycles. The third kappa shape index (κ3) is 78.0. The number of phosphoric ester groups is 2. The van der Waals surface area contributed by atoms with Crippen molar-refractivity contribution >= 4 is 39.5 Å². The third-order valence-corrected chi connectivity index (χ3v) is 21.6. The van der Waals surface area contributed by atoms with Gasteiger partial charge in [0.05, 0.1) is 26.4 Å². The summed E-state index contributed by atoms with van der Waals surface area (Å²) in [5, 5.41) is 10.7. The summed E-state index contributed by atoms with van der Waals surface area (Å²) in [4.78, 5) is 73.2. The number of hydrogen-bond acceptors (Lipinski definition) is 15. The van der Waals surface area contributed by atoms with Crippen LogP contribution >= 0.6 is 15.6 Å². The van der Waals surface area contributed by atoms with Crippen molar-refractivity contribution in [2.24, 2.45) is 11.8 Å². The van der Waals surface area contributed by atoms with Crippen LogP contribution in [0.4, 0.5) is 0 Å². The van der Waals surface area contributed by atoms with Gasteiger partial charge < -0.3 is 33.8 Å². The second-order valence-electron chi connectivity index (χ2n) is 31.2. The fraction of sp³-hybridized carbons (Fsp3) is 0.952. The maximum atomic E-state index is 13.1. The molecule has 5 atom stereocenters. The number of rotatable bonds is 83. The van der Waals surface area contributed by atoms with Crippen LogP contribution in [0.2, 0.25) is 0 Å². The van der Waals surface area contributed by atoms with E-state index < -0.39 is 97.5 Å². The minimum Gasteiger partial charge on any atom is -0.462 e. The number of carbonyl (C=O) groups excluding carboxylic acids is 4. The van der Waals surface area contributed by atoms with Crippen molar-refractivity contribution in [3.05, 3.63) is 0 Å². The van der Waals surface area contributed by atoms with Crippen molar-refractivity contribution < 1.29 is 80.2 Å². The van der Waals surface area contributed by atoms with E-state index in [0.717, 1.165) is 102 Å². The van der Waals surface area contributed by atoms with Crippen LogP contribution in [0.15, 0.2) is 0 Å². The molecule has 0 spiro atoms. The Kier molecular flexibility index (Phi) is 74.1. The Labute approximate surface area is 632 Å². The van der Waals surface area contributed by atoms with Crippen LogP contribution in [0.1, 0.15) is 446 Å². The number of ether oxygens (including phenoxy) is 4. The molecule has 0 aliphatic carbocycles. The SMILES string of the molecule is CCCCCCCCCCCCCCCCCC(=O)OC[C@H](COP(=O)(O)OC[C@@H](O)COP(=O)(O)OC[C@@H](COC(=O)CCCCCCCCCCCCC(C)C)OC(=O)CCCCCCCCCCCCCCCC)OC(=O)CCCCCCCCCCCCCCCCCCCCC(C)C. The first-order valence-corrected chi connectivity index (χ1v) is 46.5. The molecule has 0 saturated heterocycles. The molecule has 0 aromatic heterocycles. The van der Waals surface area contributed by atoms with Crippen LogP contribution in [0.3, 0.4) is 0 Å². The Hall–Kier alpha value is -1.94. The van der Waals surface area contributed by atoms with Gasteiger partial charge in [-0.25, -0.2) is 9.13 Å². The molecule has 103 heavy (non-hydrogen) atoms. The average Bonchev–Trinajstić information content (AvgIpc) is 0.918. The van der Waals surface area contributed by atoms with Crippen LogP contribution in [0.5, 0.6) is 0 Å². The molecule has 3 N–H and O–H groups in total. The van der Waals surface area contributed by atoms with E-state index in [4.69, 9.17) is 37.0 Å². The molecule has 0 bridgehead atoms. The van der Waals surface area contributed by atoms with Gasteiger partial charge in [-0.15, -0.1) is 0 Å². The molecule has 0 saturated carbocycles. The molecular weight excluding hydrogens is 1340 g/mol. The highest BCUT2D eigenvalue weighted by atomic mass is 31.2. The minimum absolute atomic E-state index is 0.108. The molecule has 612 valence electrons. The van der Waals surface area contributed by atoms with Crippen molar-refractivity contribution in [2.75, 3.05) is 39.6 Å². The van der Waals surface area contributed by atoms with E-state index in [-0.39, 0.29) is 25.7 Å². The van der Waals surface area contributed by atoms with Crippen molar-refractivity contribution in [1.82, 2.24) is 0 Å². The van der Waals surface area contributed by atoms with Gasteiger partial charge in [0.15, 0.2) is 12.2 Å². The summed E-state index contributed by atoms with van der Waals surface area (Å²) in [6, 6.07) is 0. The first-order chi connectivity index (χ1) is 49.9. The van der Waals surface area contributed by atoms with Gasteiger partial charge in [0, 0.05) is 25.7 Å². The summed E-state index contributed by atoms with van der Waals surface area (Å²) in [6.07, 6.45) is 66.5. The van der Waals surface area contributed by atoms with Gasteiger partial charge in [0.25, 0.3) is 0 Å². The first kappa shape index (κ1) is 101. The zero-order valence-electron chi connectivity index (χ0n) is 67.6. The molecule has 0 aliphatic heterocycles. The van der Waals surface area contributed by atoms with Gasteiger partial charge in [-0.1, -0.05) is 395 Å². The Morgan fingerprint density at radius 2 is 0.447 bits per heavy atom. The highest BCUT2D eigenvalue weighted by Gasteiger charge is 2.30. The number of hydrogen-bond donors (Lipinski definition) is 3. The largest absolute Gasteiger partial charge is 0.472 e. The van der Waals surface area contributed by atoms with Crippen LogP contribution < -0.4 is 0 Å². The number of phosphoric acid groups is 2. The van der Waals surface area contributed by atoms with E-state index in [1.54, 1.807) is 0 Å². The van der Waals surface area contributed by atoms with E-state index in [1.165, 1.54) is 263 Å². The second-order valence-corrected chi connectivity index (χ2v) is 34.1. The number of aliphatic hydroxyl groups excluding tert-OH is 1. The van der Waals surface area contributed by atoms with Crippen LogP contribution in [0.25, 0.3) is 0 Å². The number of unbranched alkanes of at least 4 members (excludes halogenated alkanes) is 53. The molecule has 0 amide bonds. The molecule has 0 aromatic carbocycles. The first-order valence-electron chi connectivity index (χ1n) is 43.5. The lowest BCUT2D eigenvalue weighted by Gasteiger charge is -2.21. The highest BCUT2D eigenvalue weighted by molar-refractivity contribution is 7.47. The molecule has 0 aromatic rings. The topological polar surface area (TPSA) is 237 Å². The summed E-state index contributed by atoms with van der Waals surface area (Å²) in [7, 11) is -9.92. The van der Waals surface area contributed by atoms with Gasteiger partial charge in [-0.2, -0.15) is 0 Å². The molecule has 0 rings (SSSR count). The molecule has 17 nitrogen and oxygen atoms in total. The molecule has 2 unspecified atom stereocenters. The maximum Gasteiger partial charge on any atom is 0.472 e. The Bertz CT molecular complexity index is 1980. The average molecular weight is 1510 g/mol. The normalized spacial score (nSPS) is 13.9. The Morgan fingerprint density at radius 1 is 0.262 bits per heavy atom. The Balaban J connectivity index is 5.24. The van der Waals surface area contributed by atoms with Crippen molar-refractivity contribution in [2.45, 2.75) is 464 Å². The third-order valence-electron chi connectivity index (χ3n) is 19.7. The summed E-state index contributed by atoms with van der Waals surface area (Å²) >= 11 is 0. The predicted molar refractivity (Wildman–Crippen MR) is 423 cm³/mol. The van der Waals surface area contributed by atoms with Crippen LogP contribution in [0, 0.1) is 11.8 Å². The quantitative estimate of drug-likeness (QED) is 0.0222. The van der Waals surface area contributed by atoms with Crippen molar-refractivity contribution in [3.63, 3.8) is 0 Å². The lowest BCUT2D eigenvalue weighted by atomic mass is 10.0. The van der Waals surface area contributed by atoms with E-state index in [1.807, 2.05) is 0 Å². The fourth-order valence-electron chi connectivity index (χ4n) is 13.1. The lowest BCUT2D eigenvalue weighted by Crippen LogP contribution is -2.30. The summed E-state index contributed by atoms with van der Waals surface area (Å²) < 4.78 is 68.9. The smallest absolute Gasteiger partial charge is 0.462 e. The standard InChI is InChI=1S/C84H164O17P2/c1-7-9-11-13-15-17-19-21-27-32-35-42-48-54-60-66-81(86)94-72-79(100-84(89)69-63-57-51-45-37-33-29-26-24-23-25-28-30-34-40-46-52-58-64-76(3)4)74-98-102(90,91)96-70-78(85)71-97-103(92,93)99-75-80(73-95-82(87)67-61-55-49-43-39-38-41-47-53-59-65-77(5)6)101-83(88)68-62-56-50-44-36-31-22-20-18-16-14-12-10-8-2/h76-80,85H,7-75H2,1-6H3,(H,90,91)(H,92,93)/t78-,79-,80-/m1/s1. The van der Waals surface area contributed by atoms with E-state index >= 15 is 0 Å². The molecule has 0 aliphatic rings. The molecular formula is C84H164O17P2. The van der Waals surface area contributed by atoms with Gasteiger partial charge in [0.1, 0.15) is 19.3 Å².